The van der Waals surface area contributed by atoms with Gasteiger partial charge in [-0.1, -0.05) is 0 Å². The van der Waals surface area contributed by atoms with E-state index in [4.69, 9.17) is 0 Å². The number of hydrogen-bond donors (Lipinski definition) is 2. The van der Waals surface area contributed by atoms with Crippen LogP contribution in [0.3, 0.4) is 0 Å². The molecule has 0 aliphatic rings. The highest BCUT2D eigenvalue weighted by atomic mass is 127. The van der Waals surface area contributed by atoms with E-state index in [9.17, 15) is 0 Å². The van der Waals surface area contributed by atoms with Crippen LogP contribution in [-0.2, 0) is 0 Å². The van der Waals surface area contributed by atoms with E-state index in [0.29, 0.717) is 0 Å². The molecule has 0 unspecified atom stereocenters. The van der Waals surface area contributed by atoms with Gasteiger partial charge in [0.05, 0.1) is 0 Å². The third kappa shape index (κ3) is 5.99. The standard InChI is InChI=1S/C12H19IN2/c1-12(2,3)15-9-8-14-11-6-4-10(13)5-7-11/h4-7,14-15H,8-9H2,1-3H3. The molecule has 0 bridgehead atoms. The molecular formula is C12H19IN2. The van der Waals surface area contributed by atoms with Crippen LogP contribution in [0, 0.1) is 3.57 Å². The average Bonchev–Trinajstić information content (AvgIpc) is 2.14. The number of anilines is 1. The molecule has 0 atom stereocenters. The lowest BCUT2D eigenvalue weighted by atomic mass is 10.1. The zero-order valence-corrected chi connectivity index (χ0v) is 11.8. The van der Waals surface area contributed by atoms with Crippen molar-refractivity contribution in [3.63, 3.8) is 0 Å². The van der Waals surface area contributed by atoms with E-state index in [1.54, 1.807) is 0 Å². The van der Waals surface area contributed by atoms with Gasteiger partial charge in [-0.25, -0.2) is 0 Å². The van der Waals surface area contributed by atoms with Crippen molar-refractivity contribution in [1.29, 1.82) is 0 Å². The summed E-state index contributed by atoms with van der Waals surface area (Å²) in [6, 6.07) is 8.44. The summed E-state index contributed by atoms with van der Waals surface area (Å²) in [5.41, 5.74) is 1.39. The number of halogens is 1. The molecule has 1 aromatic rings. The number of benzene rings is 1. The summed E-state index contributed by atoms with van der Waals surface area (Å²) >= 11 is 2.31. The first-order valence-corrected chi connectivity index (χ1v) is 6.30. The van der Waals surface area contributed by atoms with Gasteiger partial charge in [-0.3, -0.25) is 0 Å². The Morgan fingerprint density at radius 1 is 1.07 bits per heavy atom. The van der Waals surface area contributed by atoms with Gasteiger partial charge in [0, 0.05) is 27.9 Å². The second-order valence-corrected chi connectivity index (χ2v) is 5.86. The van der Waals surface area contributed by atoms with E-state index in [2.05, 4.69) is 78.3 Å². The Kier molecular flexibility index (Phi) is 4.86. The van der Waals surface area contributed by atoms with E-state index < -0.39 is 0 Å². The molecule has 84 valence electrons. The third-order valence-corrected chi connectivity index (χ3v) is 2.67. The fourth-order valence-corrected chi connectivity index (χ4v) is 1.57. The molecule has 0 aliphatic carbocycles. The van der Waals surface area contributed by atoms with E-state index >= 15 is 0 Å². The van der Waals surface area contributed by atoms with Gasteiger partial charge >= 0.3 is 0 Å². The molecule has 0 heterocycles. The first-order valence-electron chi connectivity index (χ1n) is 5.22. The molecule has 0 spiro atoms. The van der Waals surface area contributed by atoms with E-state index in [0.717, 1.165) is 13.1 Å². The van der Waals surface area contributed by atoms with Crippen molar-refractivity contribution in [2.24, 2.45) is 0 Å². The van der Waals surface area contributed by atoms with Crippen LogP contribution in [-0.4, -0.2) is 18.6 Å². The summed E-state index contributed by atoms with van der Waals surface area (Å²) in [7, 11) is 0. The first kappa shape index (κ1) is 12.8. The molecule has 0 fully saturated rings. The molecule has 0 aliphatic heterocycles. The minimum atomic E-state index is 0.202. The monoisotopic (exact) mass is 318 g/mol. The molecular weight excluding hydrogens is 299 g/mol. The number of hydrogen-bond acceptors (Lipinski definition) is 2. The topological polar surface area (TPSA) is 24.1 Å². The largest absolute Gasteiger partial charge is 0.384 e. The summed E-state index contributed by atoms with van der Waals surface area (Å²) < 4.78 is 1.27. The summed E-state index contributed by atoms with van der Waals surface area (Å²) in [5, 5.41) is 6.82. The highest BCUT2D eigenvalue weighted by molar-refractivity contribution is 14.1. The predicted molar refractivity (Wildman–Crippen MR) is 75.4 cm³/mol. The summed E-state index contributed by atoms with van der Waals surface area (Å²) in [5.74, 6) is 0. The van der Waals surface area contributed by atoms with Gasteiger partial charge in [-0.15, -0.1) is 0 Å². The Bertz CT molecular complexity index is 287. The van der Waals surface area contributed by atoms with Crippen molar-refractivity contribution >= 4 is 28.3 Å². The second kappa shape index (κ2) is 5.70. The molecule has 0 saturated heterocycles. The second-order valence-electron chi connectivity index (χ2n) is 4.61. The van der Waals surface area contributed by atoms with Crippen LogP contribution in [0.25, 0.3) is 0 Å². The van der Waals surface area contributed by atoms with Crippen LogP contribution in [0.2, 0.25) is 0 Å². The van der Waals surface area contributed by atoms with Crippen LogP contribution < -0.4 is 10.6 Å². The van der Waals surface area contributed by atoms with Crippen LogP contribution in [0.15, 0.2) is 24.3 Å². The maximum atomic E-state index is 3.44. The van der Waals surface area contributed by atoms with Crippen molar-refractivity contribution in [2.45, 2.75) is 26.3 Å². The maximum absolute atomic E-state index is 3.44. The fraction of sp³-hybridized carbons (Fsp3) is 0.500. The molecule has 3 heteroatoms. The molecule has 2 nitrogen and oxygen atoms in total. The Balaban J connectivity index is 2.23. The van der Waals surface area contributed by atoms with Crippen molar-refractivity contribution in [3.05, 3.63) is 27.8 Å². The van der Waals surface area contributed by atoms with Gasteiger partial charge in [0.15, 0.2) is 0 Å². The van der Waals surface area contributed by atoms with E-state index in [-0.39, 0.29) is 5.54 Å². The Labute approximate surface area is 106 Å². The Hall–Kier alpha value is -0.290. The van der Waals surface area contributed by atoms with Crippen LogP contribution >= 0.6 is 22.6 Å². The van der Waals surface area contributed by atoms with Crippen LogP contribution in [0.5, 0.6) is 0 Å². The highest BCUT2D eigenvalue weighted by Gasteiger charge is 2.06. The Morgan fingerprint density at radius 2 is 1.67 bits per heavy atom. The van der Waals surface area contributed by atoms with Gasteiger partial charge in [0.2, 0.25) is 0 Å². The lowest BCUT2D eigenvalue weighted by Crippen LogP contribution is -2.38. The van der Waals surface area contributed by atoms with Crippen molar-refractivity contribution in [3.8, 4) is 0 Å². The van der Waals surface area contributed by atoms with Crippen LogP contribution in [0.1, 0.15) is 20.8 Å². The minimum Gasteiger partial charge on any atom is -0.384 e. The van der Waals surface area contributed by atoms with Crippen molar-refractivity contribution < 1.29 is 0 Å². The van der Waals surface area contributed by atoms with Gasteiger partial charge in [0.1, 0.15) is 0 Å². The molecule has 0 aromatic heterocycles. The van der Waals surface area contributed by atoms with Crippen molar-refractivity contribution in [2.75, 3.05) is 18.4 Å². The lowest BCUT2D eigenvalue weighted by molar-refractivity contribution is 0.435. The normalized spacial score (nSPS) is 11.5. The minimum absolute atomic E-state index is 0.202. The predicted octanol–water partition coefficient (Wildman–Crippen LogP) is 3.09. The quantitative estimate of drug-likeness (QED) is 0.658. The maximum Gasteiger partial charge on any atom is 0.0341 e. The van der Waals surface area contributed by atoms with E-state index in [1.165, 1.54) is 9.26 Å². The SMILES string of the molecule is CC(C)(C)NCCNc1ccc(I)cc1. The van der Waals surface area contributed by atoms with Crippen molar-refractivity contribution in [1.82, 2.24) is 5.32 Å². The zero-order chi connectivity index (χ0) is 11.3. The highest BCUT2D eigenvalue weighted by Crippen LogP contribution is 2.10. The molecule has 15 heavy (non-hydrogen) atoms. The molecule has 0 amide bonds. The zero-order valence-electron chi connectivity index (χ0n) is 9.60. The summed E-state index contributed by atoms with van der Waals surface area (Å²) in [6.07, 6.45) is 0. The first-order chi connectivity index (χ1) is 6.97. The van der Waals surface area contributed by atoms with Gasteiger partial charge in [0.25, 0.3) is 0 Å². The van der Waals surface area contributed by atoms with E-state index in [1.807, 2.05) is 0 Å². The molecule has 0 saturated carbocycles. The van der Waals surface area contributed by atoms with Gasteiger partial charge in [-0.05, 0) is 67.6 Å². The summed E-state index contributed by atoms with van der Waals surface area (Å²) in [6.45, 7) is 8.47. The van der Waals surface area contributed by atoms with Gasteiger partial charge in [-0.2, -0.15) is 0 Å². The lowest BCUT2D eigenvalue weighted by Gasteiger charge is -2.20. The molecule has 1 aromatic carbocycles. The molecule has 1 rings (SSSR count). The smallest absolute Gasteiger partial charge is 0.0341 e. The average molecular weight is 318 g/mol. The fourth-order valence-electron chi connectivity index (χ4n) is 1.21. The summed E-state index contributed by atoms with van der Waals surface area (Å²) in [4.78, 5) is 0. The number of rotatable bonds is 4. The molecule has 0 radical (unpaired) electrons. The number of nitrogens with one attached hydrogen (secondary N) is 2. The Morgan fingerprint density at radius 3 is 2.20 bits per heavy atom. The van der Waals surface area contributed by atoms with Crippen LogP contribution in [0.4, 0.5) is 5.69 Å². The van der Waals surface area contributed by atoms with Gasteiger partial charge < -0.3 is 10.6 Å². The third-order valence-electron chi connectivity index (χ3n) is 1.95. The molecule has 2 N–H and O–H groups in total.